The maximum atomic E-state index is 2.58. The van der Waals surface area contributed by atoms with Gasteiger partial charge in [0.25, 0.3) is 0 Å². The summed E-state index contributed by atoms with van der Waals surface area (Å²) in [6.45, 7) is 7.04. The molecule has 0 radical (unpaired) electrons. The molecule has 2 aromatic heterocycles. The molecule has 11 aromatic rings. The second-order valence-corrected chi connectivity index (χ2v) is 19.4. The Balaban J connectivity index is 0.904. The zero-order chi connectivity index (χ0) is 47.3. The van der Waals surface area contributed by atoms with Crippen LogP contribution in [0, 0.1) is 12.8 Å². The first-order chi connectivity index (χ1) is 35.0. The summed E-state index contributed by atoms with van der Waals surface area (Å²) >= 11 is 0. The molecule has 0 spiro atoms. The van der Waals surface area contributed by atoms with Crippen molar-refractivity contribution in [3.63, 3.8) is 0 Å². The first-order valence-electron chi connectivity index (χ1n) is 24.9. The predicted molar refractivity (Wildman–Crippen MR) is 298 cm³/mol. The Morgan fingerprint density at radius 2 is 0.803 bits per heavy atom. The lowest BCUT2D eigenvalue weighted by Gasteiger charge is -2.36. The normalized spacial score (nSPS) is 14.7. The van der Waals surface area contributed by atoms with Crippen molar-refractivity contribution in [3.8, 4) is 56.1 Å². The molecule has 1 unspecified atom stereocenters. The van der Waals surface area contributed by atoms with E-state index in [0.717, 1.165) is 29.2 Å². The summed E-state index contributed by atoms with van der Waals surface area (Å²) in [7, 11) is 0. The molecule has 4 heterocycles. The van der Waals surface area contributed by atoms with E-state index in [0.29, 0.717) is 0 Å². The average molecular weight is 911 g/mol. The highest BCUT2D eigenvalue weighted by atomic mass is 15.2. The Hall–Kier alpha value is -8.86. The summed E-state index contributed by atoms with van der Waals surface area (Å²) < 4.78 is 4.94. The Morgan fingerprint density at radius 3 is 1.32 bits per heavy atom. The van der Waals surface area contributed by atoms with Gasteiger partial charge in [0.05, 0.1) is 45.2 Å². The van der Waals surface area contributed by atoms with Gasteiger partial charge in [0.2, 0.25) is 0 Å². The van der Waals surface area contributed by atoms with Gasteiger partial charge in [-0.1, -0.05) is 159 Å². The van der Waals surface area contributed by atoms with Gasteiger partial charge in [-0.2, -0.15) is 0 Å². The molecule has 0 amide bonds. The quantitative estimate of drug-likeness (QED) is 0.171. The number of nitrogens with zero attached hydrogens (tertiary/aromatic N) is 4. The van der Waals surface area contributed by atoms with Crippen molar-refractivity contribution >= 4 is 55.8 Å². The highest BCUT2D eigenvalue weighted by Crippen LogP contribution is 2.57. The monoisotopic (exact) mass is 910 g/mol. The molecule has 4 nitrogen and oxygen atoms in total. The number of benzene rings is 9. The molecule has 0 saturated carbocycles. The number of para-hydroxylation sites is 8. The maximum Gasteiger partial charge on any atom is 0.0641 e. The second kappa shape index (κ2) is 16.1. The van der Waals surface area contributed by atoms with Gasteiger partial charge < -0.3 is 18.9 Å². The number of aromatic nitrogens is 2. The fourth-order valence-corrected chi connectivity index (χ4v) is 12.3. The van der Waals surface area contributed by atoms with Gasteiger partial charge in [-0.15, -0.1) is 0 Å². The van der Waals surface area contributed by atoms with Crippen molar-refractivity contribution < 1.29 is 0 Å². The lowest BCUT2D eigenvalue weighted by atomic mass is 9.82. The minimum absolute atomic E-state index is 0.229. The van der Waals surface area contributed by atoms with Crippen molar-refractivity contribution in [2.45, 2.75) is 27.2 Å². The van der Waals surface area contributed by atoms with Crippen LogP contribution in [0.4, 0.5) is 28.4 Å². The Labute approximate surface area is 414 Å². The highest BCUT2D eigenvalue weighted by Gasteiger charge is 2.36. The zero-order valence-electron chi connectivity index (χ0n) is 40.0. The van der Waals surface area contributed by atoms with E-state index < -0.39 is 0 Å². The first-order valence-corrected chi connectivity index (χ1v) is 24.9. The van der Waals surface area contributed by atoms with Crippen LogP contribution in [-0.2, 0) is 0 Å². The van der Waals surface area contributed by atoms with E-state index in [1.807, 2.05) is 0 Å². The molecule has 1 atom stereocenters. The third-order valence-electron chi connectivity index (χ3n) is 15.3. The number of aryl methyl sites for hydroxylation is 1. The lowest BCUT2D eigenvalue weighted by Crippen LogP contribution is -2.24. The molecule has 0 fully saturated rings. The lowest BCUT2D eigenvalue weighted by molar-refractivity contribution is 0.676. The van der Waals surface area contributed by atoms with E-state index in [9.17, 15) is 0 Å². The van der Waals surface area contributed by atoms with E-state index in [4.69, 9.17) is 0 Å². The number of allylic oxidation sites excluding steroid dienone is 4. The summed E-state index contributed by atoms with van der Waals surface area (Å²) in [4.78, 5) is 5.07. The van der Waals surface area contributed by atoms with Gasteiger partial charge in [-0.3, -0.25) is 0 Å². The molecular weight excluding hydrogens is 861 g/mol. The summed E-state index contributed by atoms with van der Waals surface area (Å²) in [5, 5.41) is 2.50. The molecule has 4 heteroatoms. The van der Waals surface area contributed by atoms with Crippen molar-refractivity contribution in [1.82, 2.24) is 9.13 Å². The molecule has 14 rings (SSSR count). The van der Waals surface area contributed by atoms with Crippen LogP contribution >= 0.6 is 0 Å². The molecule has 0 N–H and O–H groups in total. The molecule has 1 aliphatic carbocycles. The number of rotatable bonds is 5. The highest BCUT2D eigenvalue weighted by molar-refractivity contribution is 6.14. The molecule has 0 saturated heterocycles. The average Bonchev–Trinajstić information content (AvgIpc) is 3.86. The largest absolute Gasteiger partial charge is 0.313 e. The minimum atomic E-state index is 0.229. The van der Waals surface area contributed by atoms with Crippen LogP contribution in [0.2, 0.25) is 0 Å². The van der Waals surface area contributed by atoms with Gasteiger partial charge in [0.15, 0.2) is 0 Å². The molecule has 2 aliphatic heterocycles. The van der Waals surface area contributed by atoms with Crippen LogP contribution in [0.25, 0.3) is 83.5 Å². The standard InChI is InChI=1S/C67H50N4/c1-43-40-48(68-57-32-16-10-26-50(57)64-51-27-11-17-33-58(51)69(46-22-6-4-7-23-46)66(64)54-30-14-20-36-61(54)68)38-39-49(43)56-41-45(3)63(42-44(56)2)71-60-35-19-13-29-53(60)65-52-28-12-18-34-59(52)70(47-24-8-5-9-25-47)67(65)55-31-15-21-37-62(55)71/h4-40,42,45H,41H2,1-3H3. The molecule has 9 aromatic carbocycles. The number of hydrogen-bond donors (Lipinski definition) is 0. The van der Waals surface area contributed by atoms with Crippen LogP contribution in [0.15, 0.2) is 242 Å². The Kier molecular flexibility index (Phi) is 9.34. The summed E-state index contributed by atoms with van der Waals surface area (Å²) in [5.74, 6) is 0.229. The van der Waals surface area contributed by atoms with Gasteiger partial charge in [-0.05, 0) is 121 Å². The van der Waals surface area contributed by atoms with Crippen molar-refractivity contribution in [1.29, 1.82) is 0 Å². The maximum absolute atomic E-state index is 2.58. The Bertz CT molecular complexity index is 4010. The summed E-state index contributed by atoms with van der Waals surface area (Å²) in [6.07, 6.45) is 3.40. The van der Waals surface area contributed by atoms with Gasteiger partial charge in [0.1, 0.15) is 0 Å². The van der Waals surface area contributed by atoms with Gasteiger partial charge in [-0.25, -0.2) is 0 Å². The van der Waals surface area contributed by atoms with E-state index in [-0.39, 0.29) is 5.92 Å². The van der Waals surface area contributed by atoms with Crippen molar-refractivity contribution in [2.24, 2.45) is 5.92 Å². The molecule has 338 valence electrons. The van der Waals surface area contributed by atoms with Crippen LogP contribution in [0.1, 0.15) is 31.4 Å². The fourth-order valence-electron chi connectivity index (χ4n) is 12.3. The molecule has 0 bridgehead atoms. The molecular formula is C67H50N4. The second-order valence-electron chi connectivity index (χ2n) is 19.4. The third kappa shape index (κ3) is 6.17. The number of fused-ring (bicyclic) bond motifs is 14. The Morgan fingerprint density at radius 1 is 0.380 bits per heavy atom. The van der Waals surface area contributed by atoms with Crippen LogP contribution in [0.3, 0.4) is 0 Å². The van der Waals surface area contributed by atoms with Crippen LogP contribution in [-0.4, -0.2) is 9.13 Å². The summed E-state index contributed by atoms with van der Waals surface area (Å²) in [6, 6.07) is 82.6. The SMILES string of the molecule is CC1=C(c2ccc(N3c4ccccc4-c4c(n(-c5ccccc5)c5ccccc45)-c4ccccc43)cc2C)CC(C)C(N2c3ccccc3-c3c(n(-c4ccccc4)c4ccccc34)-c3ccccc32)=C1. The third-order valence-corrected chi connectivity index (χ3v) is 15.3. The number of hydrogen-bond acceptors (Lipinski definition) is 2. The first kappa shape index (κ1) is 41.1. The minimum Gasteiger partial charge on any atom is -0.313 e. The smallest absolute Gasteiger partial charge is 0.0641 e. The van der Waals surface area contributed by atoms with E-state index in [1.54, 1.807) is 0 Å². The van der Waals surface area contributed by atoms with Crippen molar-refractivity contribution in [2.75, 3.05) is 9.80 Å². The van der Waals surface area contributed by atoms with Crippen LogP contribution < -0.4 is 9.80 Å². The fraction of sp³-hybridized carbons (Fsp3) is 0.0746. The van der Waals surface area contributed by atoms with Crippen LogP contribution in [0.5, 0.6) is 0 Å². The van der Waals surface area contributed by atoms with E-state index in [1.165, 1.54) is 112 Å². The van der Waals surface area contributed by atoms with Gasteiger partial charge in [0, 0.05) is 72.8 Å². The van der Waals surface area contributed by atoms with Crippen molar-refractivity contribution in [3.05, 3.63) is 253 Å². The topological polar surface area (TPSA) is 16.3 Å². The van der Waals surface area contributed by atoms with E-state index >= 15 is 0 Å². The summed E-state index contributed by atoms with van der Waals surface area (Å²) in [5.41, 5.74) is 27.1. The molecule has 71 heavy (non-hydrogen) atoms. The zero-order valence-corrected chi connectivity index (χ0v) is 40.0. The predicted octanol–water partition coefficient (Wildman–Crippen LogP) is 18.2. The number of anilines is 5. The molecule has 3 aliphatic rings. The van der Waals surface area contributed by atoms with E-state index in [2.05, 4.69) is 270 Å². The van der Waals surface area contributed by atoms with Gasteiger partial charge >= 0.3 is 0 Å².